The Hall–Kier alpha value is -2.85. The third kappa shape index (κ3) is 3.29. The molecule has 32 heavy (non-hydrogen) atoms. The molecule has 1 aliphatic carbocycles. The van der Waals surface area contributed by atoms with E-state index in [0.717, 1.165) is 5.57 Å². The Kier molecular flexibility index (Phi) is 5.11. The van der Waals surface area contributed by atoms with Gasteiger partial charge in [0.1, 0.15) is 0 Å². The zero-order chi connectivity index (χ0) is 21.5. The first kappa shape index (κ1) is 19.8. The number of aromatic nitrogens is 1. The van der Waals surface area contributed by atoms with Gasteiger partial charge in [-0.05, 0) is 36.0 Å². The molecule has 164 valence electrons. The molecule has 3 aliphatic rings. The van der Waals surface area contributed by atoms with Crippen LogP contribution in [0.25, 0.3) is 28.4 Å². The first-order chi connectivity index (χ1) is 15.8. The SMILES string of the molecule is O=C(C1=Cn2c(c(C3CCCCC3)c3ccccc32)-c2ccccc2C1)N1CCOCC1. The third-order valence-corrected chi connectivity index (χ3v) is 7.47. The highest BCUT2D eigenvalue weighted by atomic mass is 16.5. The number of hydrogen-bond acceptors (Lipinski definition) is 2. The molecule has 4 heteroatoms. The quantitative estimate of drug-likeness (QED) is 0.534. The van der Waals surface area contributed by atoms with E-state index in [4.69, 9.17) is 4.74 Å². The number of ether oxygens (including phenoxy) is 1. The van der Waals surface area contributed by atoms with Gasteiger partial charge in [0.2, 0.25) is 0 Å². The zero-order valence-corrected chi connectivity index (χ0v) is 18.6. The van der Waals surface area contributed by atoms with E-state index >= 15 is 0 Å². The van der Waals surface area contributed by atoms with Crippen LogP contribution in [-0.4, -0.2) is 41.7 Å². The van der Waals surface area contributed by atoms with Gasteiger partial charge in [-0.2, -0.15) is 0 Å². The van der Waals surface area contributed by atoms with Crippen LogP contribution in [0.3, 0.4) is 0 Å². The number of nitrogens with zero attached hydrogens (tertiary/aromatic N) is 2. The maximum Gasteiger partial charge on any atom is 0.251 e. The van der Waals surface area contributed by atoms with E-state index in [2.05, 4.69) is 59.3 Å². The molecule has 1 aromatic heterocycles. The maximum absolute atomic E-state index is 13.6. The van der Waals surface area contributed by atoms with E-state index in [0.29, 0.717) is 38.6 Å². The van der Waals surface area contributed by atoms with Gasteiger partial charge in [-0.3, -0.25) is 4.79 Å². The van der Waals surface area contributed by atoms with E-state index in [1.807, 2.05) is 4.90 Å². The molecular weight excluding hydrogens is 396 g/mol. The maximum atomic E-state index is 13.6. The van der Waals surface area contributed by atoms with Crippen molar-refractivity contribution in [3.8, 4) is 11.3 Å². The van der Waals surface area contributed by atoms with E-state index in [1.165, 1.54) is 65.4 Å². The van der Waals surface area contributed by atoms with Gasteiger partial charge >= 0.3 is 0 Å². The average Bonchev–Trinajstić information content (AvgIpc) is 3.08. The van der Waals surface area contributed by atoms with Gasteiger partial charge in [0.05, 0.1) is 24.4 Å². The number of para-hydroxylation sites is 1. The summed E-state index contributed by atoms with van der Waals surface area (Å²) >= 11 is 0. The smallest absolute Gasteiger partial charge is 0.251 e. The molecule has 1 saturated heterocycles. The standard InChI is InChI=1S/C28H30N2O2/c31-28(29-14-16-32-17-15-29)22-18-21-10-4-5-11-23(21)27-26(20-8-2-1-3-9-20)24-12-6-7-13-25(24)30(27)19-22/h4-7,10-13,19-20H,1-3,8-9,14-18H2. The van der Waals surface area contributed by atoms with Crippen LogP contribution in [0.2, 0.25) is 0 Å². The summed E-state index contributed by atoms with van der Waals surface area (Å²) in [5.41, 5.74) is 7.41. The summed E-state index contributed by atoms with van der Waals surface area (Å²) in [7, 11) is 0. The van der Waals surface area contributed by atoms with Gasteiger partial charge in [-0.1, -0.05) is 61.7 Å². The Morgan fingerprint density at radius 1 is 0.906 bits per heavy atom. The van der Waals surface area contributed by atoms with Crippen molar-refractivity contribution in [2.45, 2.75) is 44.4 Å². The molecule has 0 N–H and O–H groups in total. The van der Waals surface area contributed by atoms with Crippen LogP contribution in [0.1, 0.15) is 49.1 Å². The number of morpholine rings is 1. The predicted molar refractivity (Wildman–Crippen MR) is 129 cm³/mol. The number of carbonyl (C=O) groups is 1. The largest absolute Gasteiger partial charge is 0.378 e. The Balaban J connectivity index is 1.58. The monoisotopic (exact) mass is 426 g/mol. The molecule has 0 radical (unpaired) electrons. The number of hydrogen-bond donors (Lipinski definition) is 0. The highest BCUT2D eigenvalue weighted by Gasteiger charge is 2.30. The van der Waals surface area contributed by atoms with Crippen LogP contribution in [0.5, 0.6) is 0 Å². The number of benzene rings is 2. The fraction of sp³-hybridized carbons (Fsp3) is 0.393. The molecule has 2 fully saturated rings. The lowest BCUT2D eigenvalue weighted by atomic mass is 9.81. The number of rotatable bonds is 2. The van der Waals surface area contributed by atoms with Crippen LogP contribution in [-0.2, 0) is 16.0 Å². The van der Waals surface area contributed by atoms with Gasteiger partial charge in [-0.25, -0.2) is 0 Å². The van der Waals surface area contributed by atoms with Gasteiger partial charge in [0.25, 0.3) is 5.91 Å². The zero-order valence-electron chi connectivity index (χ0n) is 18.6. The van der Waals surface area contributed by atoms with E-state index < -0.39 is 0 Å². The molecule has 0 atom stereocenters. The number of carbonyl (C=O) groups excluding carboxylic acids is 1. The van der Waals surface area contributed by atoms with Gasteiger partial charge < -0.3 is 14.2 Å². The molecule has 0 unspecified atom stereocenters. The molecular formula is C28H30N2O2. The minimum Gasteiger partial charge on any atom is -0.378 e. The minimum absolute atomic E-state index is 0.146. The Morgan fingerprint density at radius 2 is 1.66 bits per heavy atom. The van der Waals surface area contributed by atoms with Gasteiger partial charge in [0.15, 0.2) is 0 Å². The summed E-state index contributed by atoms with van der Waals surface area (Å²) in [6.45, 7) is 2.59. The molecule has 3 aromatic rings. The van der Waals surface area contributed by atoms with Crippen molar-refractivity contribution in [3.63, 3.8) is 0 Å². The van der Waals surface area contributed by atoms with Crippen molar-refractivity contribution >= 4 is 23.0 Å². The molecule has 6 rings (SSSR count). The first-order valence-corrected chi connectivity index (χ1v) is 12.1. The Bertz CT molecular complexity index is 1190. The van der Waals surface area contributed by atoms with Crippen LogP contribution in [0.15, 0.2) is 54.1 Å². The summed E-state index contributed by atoms with van der Waals surface area (Å²) in [5.74, 6) is 0.732. The molecule has 1 amide bonds. The second kappa shape index (κ2) is 8.25. The summed E-state index contributed by atoms with van der Waals surface area (Å²) in [6.07, 6.45) is 9.29. The highest BCUT2D eigenvalue weighted by Crippen LogP contribution is 2.46. The third-order valence-electron chi connectivity index (χ3n) is 7.47. The Morgan fingerprint density at radius 3 is 2.50 bits per heavy atom. The predicted octanol–water partition coefficient (Wildman–Crippen LogP) is 5.61. The van der Waals surface area contributed by atoms with E-state index in [9.17, 15) is 4.79 Å². The highest BCUT2D eigenvalue weighted by molar-refractivity contribution is 6.02. The lowest BCUT2D eigenvalue weighted by molar-refractivity contribution is -0.131. The van der Waals surface area contributed by atoms with Crippen LogP contribution < -0.4 is 0 Å². The topological polar surface area (TPSA) is 34.5 Å². The lowest BCUT2D eigenvalue weighted by Gasteiger charge is -2.27. The van der Waals surface area contributed by atoms with Crippen molar-refractivity contribution in [1.29, 1.82) is 0 Å². The number of amides is 1. The van der Waals surface area contributed by atoms with Crippen molar-refractivity contribution in [2.75, 3.05) is 26.3 Å². The van der Waals surface area contributed by atoms with Gasteiger partial charge in [0, 0.05) is 42.2 Å². The molecule has 1 saturated carbocycles. The van der Waals surface area contributed by atoms with E-state index in [1.54, 1.807) is 0 Å². The molecule has 3 heterocycles. The first-order valence-electron chi connectivity index (χ1n) is 12.1. The fourth-order valence-electron chi connectivity index (χ4n) is 5.92. The number of fused-ring (bicyclic) bond motifs is 5. The van der Waals surface area contributed by atoms with Crippen LogP contribution in [0.4, 0.5) is 0 Å². The second-order valence-corrected chi connectivity index (χ2v) is 9.38. The molecule has 0 spiro atoms. The molecule has 2 aromatic carbocycles. The summed E-state index contributed by atoms with van der Waals surface area (Å²) in [5, 5.41) is 1.35. The molecule has 4 nitrogen and oxygen atoms in total. The second-order valence-electron chi connectivity index (χ2n) is 9.38. The fourth-order valence-corrected chi connectivity index (χ4v) is 5.92. The van der Waals surface area contributed by atoms with Crippen LogP contribution >= 0.6 is 0 Å². The summed E-state index contributed by atoms with van der Waals surface area (Å²) < 4.78 is 7.82. The van der Waals surface area contributed by atoms with Crippen LogP contribution in [0, 0.1) is 0 Å². The van der Waals surface area contributed by atoms with Crippen molar-refractivity contribution in [1.82, 2.24) is 9.47 Å². The minimum atomic E-state index is 0.146. The molecule has 0 bridgehead atoms. The van der Waals surface area contributed by atoms with Crippen molar-refractivity contribution in [3.05, 3.63) is 65.2 Å². The van der Waals surface area contributed by atoms with Crippen molar-refractivity contribution < 1.29 is 9.53 Å². The van der Waals surface area contributed by atoms with Gasteiger partial charge in [-0.15, -0.1) is 0 Å². The normalized spacial score (nSPS) is 19.2. The lowest BCUT2D eigenvalue weighted by Crippen LogP contribution is -2.41. The molecule has 2 aliphatic heterocycles. The summed E-state index contributed by atoms with van der Waals surface area (Å²) in [4.78, 5) is 15.5. The Labute approximate surface area is 189 Å². The summed E-state index contributed by atoms with van der Waals surface area (Å²) in [6, 6.07) is 17.5. The average molecular weight is 427 g/mol. The van der Waals surface area contributed by atoms with E-state index in [-0.39, 0.29) is 5.91 Å². The van der Waals surface area contributed by atoms with Crippen molar-refractivity contribution in [2.24, 2.45) is 0 Å².